The monoisotopic (exact) mass is 454 g/mol. The minimum Gasteiger partial charge on any atom is -0.493 e. The number of nitrogens with one attached hydrogen (secondary N) is 2. The molecule has 0 heterocycles. The van der Waals surface area contributed by atoms with E-state index in [1.165, 1.54) is 31.4 Å². The summed E-state index contributed by atoms with van der Waals surface area (Å²) in [6.45, 7) is 5.41. The Balaban J connectivity index is 1.66. The summed E-state index contributed by atoms with van der Waals surface area (Å²) >= 11 is 0. The van der Waals surface area contributed by atoms with Gasteiger partial charge in [-0.05, 0) is 68.8 Å². The summed E-state index contributed by atoms with van der Waals surface area (Å²) in [6, 6.07) is 18.5. The van der Waals surface area contributed by atoms with E-state index in [0.717, 1.165) is 11.1 Å². The van der Waals surface area contributed by atoms with Gasteiger partial charge in [0.25, 0.3) is 15.9 Å². The summed E-state index contributed by atoms with van der Waals surface area (Å²) < 4.78 is 38.9. The van der Waals surface area contributed by atoms with Crippen LogP contribution in [-0.4, -0.2) is 27.5 Å². The second-order valence-corrected chi connectivity index (χ2v) is 9.03. The van der Waals surface area contributed by atoms with E-state index in [4.69, 9.17) is 9.47 Å². The quantitative estimate of drug-likeness (QED) is 0.522. The zero-order chi connectivity index (χ0) is 23.3. The van der Waals surface area contributed by atoms with E-state index in [1.54, 1.807) is 37.3 Å². The molecular weight excluding hydrogens is 428 g/mol. The second kappa shape index (κ2) is 9.74. The fourth-order valence-electron chi connectivity index (χ4n) is 3.05. The number of sulfonamides is 1. The average molecular weight is 455 g/mol. The summed E-state index contributed by atoms with van der Waals surface area (Å²) in [5, 5.41) is 2.72. The SMILES string of the molecule is COc1ccccc1OC(C)C(=O)Nc1ccc(S(=O)(=O)Nc2ccc(C)cc2C)cc1. The third-order valence-electron chi connectivity index (χ3n) is 4.80. The Morgan fingerprint density at radius 1 is 0.938 bits per heavy atom. The highest BCUT2D eigenvalue weighted by molar-refractivity contribution is 7.92. The van der Waals surface area contributed by atoms with Gasteiger partial charge in [0.15, 0.2) is 17.6 Å². The number of para-hydroxylation sites is 2. The van der Waals surface area contributed by atoms with Crippen LogP contribution in [0, 0.1) is 13.8 Å². The topological polar surface area (TPSA) is 93.7 Å². The van der Waals surface area contributed by atoms with E-state index in [2.05, 4.69) is 10.0 Å². The van der Waals surface area contributed by atoms with Crippen LogP contribution in [0.3, 0.4) is 0 Å². The lowest BCUT2D eigenvalue weighted by atomic mass is 10.1. The molecule has 0 spiro atoms. The molecule has 0 aliphatic heterocycles. The fourth-order valence-corrected chi connectivity index (χ4v) is 4.18. The number of aryl methyl sites for hydroxylation is 2. The molecule has 3 aromatic carbocycles. The molecule has 1 unspecified atom stereocenters. The molecule has 0 radical (unpaired) electrons. The van der Waals surface area contributed by atoms with Crippen LogP contribution in [0.25, 0.3) is 0 Å². The van der Waals surface area contributed by atoms with Crippen molar-refractivity contribution in [2.75, 3.05) is 17.1 Å². The molecule has 2 N–H and O–H groups in total. The summed E-state index contributed by atoms with van der Waals surface area (Å²) in [6.07, 6.45) is -0.791. The molecule has 0 aliphatic rings. The van der Waals surface area contributed by atoms with Gasteiger partial charge in [-0.25, -0.2) is 8.42 Å². The van der Waals surface area contributed by atoms with Gasteiger partial charge in [0.05, 0.1) is 17.7 Å². The largest absolute Gasteiger partial charge is 0.493 e. The van der Waals surface area contributed by atoms with Gasteiger partial charge in [-0.15, -0.1) is 0 Å². The van der Waals surface area contributed by atoms with E-state index in [0.29, 0.717) is 22.9 Å². The number of hydrogen-bond donors (Lipinski definition) is 2. The van der Waals surface area contributed by atoms with Crippen LogP contribution in [0.2, 0.25) is 0 Å². The Morgan fingerprint density at radius 2 is 1.59 bits per heavy atom. The standard InChI is InChI=1S/C24H26N2O5S/c1-16-9-14-21(17(2)15-16)26-32(28,29)20-12-10-19(11-13-20)25-24(27)18(3)31-23-8-6-5-7-22(23)30-4/h5-15,18,26H,1-4H3,(H,25,27). The van der Waals surface area contributed by atoms with Crippen LogP contribution in [0.15, 0.2) is 71.6 Å². The maximum atomic E-state index is 12.7. The first-order chi connectivity index (χ1) is 15.2. The van der Waals surface area contributed by atoms with Crippen molar-refractivity contribution >= 4 is 27.3 Å². The Kier molecular flexibility index (Phi) is 7.05. The third-order valence-corrected chi connectivity index (χ3v) is 6.18. The van der Waals surface area contributed by atoms with E-state index in [-0.39, 0.29) is 10.8 Å². The molecule has 8 heteroatoms. The minimum atomic E-state index is -3.76. The molecule has 1 amide bonds. The summed E-state index contributed by atoms with van der Waals surface area (Å²) in [4.78, 5) is 12.6. The number of hydrogen-bond acceptors (Lipinski definition) is 5. The highest BCUT2D eigenvalue weighted by atomic mass is 32.2. The first kappa shape index (κ1) is 23.1. The predicted molar refractivity (Wildman–Crippen MR) is 125 cm³/mol. The van der Waals surface area contributed by atoms with Crippen molar-refractivity contribution in [1.82, 2.24) is 0 Å². The second-order valence-electron chi connectivity index (χ2n) is 7.35. The molecule has 3 aromatic rings. The Bertz CT molecular complexity index is 1210. The Hall–Kier alpha value is -3.52. The molecule has 0 fully saturated rings. The van der Waals surface area contributed by atoms with Crippen LogP contribution in [-0.2, 0) is 14.8 Å². The summed E-state index contributed by atoms with van der Waals surface area (Å²) in [5.74, 6) is 0.606. The zero-order valence-electron chi connectivity index (χ0n) is 18.4. The molecule has 0 saturated carbocycles. The lowest BCUT2D eigenvalue weighted by Gasteiger charge is -2.17. The molecule has 0 aliphatic carbocycles. The Morgan fingerprint density at radius 3 is 2.22 bits per heavy atom. The lowest BCUT2D eigenvalue weighted by Crippen LogP contribution is -2.30. The van der Waals surface area contributed by atoms with Crippen molar-refractivity contribution in [2.45, 2.75) is 31.8 Å². The smallest absolute Gasteiger partial charge is 0.265 e. The number of anilines is 2. The van der Waals surface area contributed by atoms with E-state index in [9.17, 15) is 13.2 Å². The zero-order valence-corrected chi connectivity index (χ0v) is 19.2. The van der Waals surface area contributed by atoms with Gasteiger partial charge in [-0.3, -0.25) is 9.52 Å². The summed E-state index contributed by atoms with van der Waals surface area (Å²) in [5.41, 5.74) is 2.86. The maximum Gasteiger partial charge on any atom is 0.265 e. The van der Waals surface area contributed by atoms with Crippen LogP contribution in [0.5, 0.6) is 11.5 Å². The first-order valence-electron chi connectivity index (χ1n) is 10.0. The van der Waals surface area contributed by atoms with Gasteiger partial charge >= 0.3 is 0 Å². The van der Waals surface area contributed by atoms with Crippen molar-refractivity contribution in [1.29, 1.82) is 0 Å². The van der Waals surface area contributed by atoms with Crippen molar-refractivity contribution in [3.63, 3.8) is 0 Å². The normalized spacial score (nSPS) is 12.0. The van der Waals surface area contributed by atoms with Gasteiger partial charge in [0.2, 0.25) is 0 Å². The van der Waals surface area contributed by atoms with Crippen LogP contribution in [0.1, 0.15) is 18.1 Å². The highest BCUT2D eigenvalue weighted by Crippen LogP contribution is 2.27. The predicted octanol–water partition coefficient (Wildman–Crippen LogP) is 4.52. The summed E-state index contributed by atoms with van der Waals surface area (Å²) in [7, 11) is -2.23. The van der Waals surface area contributed by atoms with Gasteiger partial charge in [-0.1, -0.05) is 29.8 Å². The van der Waals surface area contributed by atoms with Gasteiger partial charge in [0.1, 0.15) is 0 Å². The number of amides is 1. The maximum absolute atomic E-state index is 12.7. The van der Waals surface area contributed by atoms with Crippen LogP contribution >= 0.6 is 0 Å². The molecule has 7 nitrogen and oxygen atoms in total. The molecular formula is C24H26N2O5S. The molecule has 1 atom stereocenters. The minimum absolute atomic E-state index is 0.0915. The van der Waals surface area contributed by atoms with Crippen molar-refractivity contribution in [3.05, 3.63) is 77.9 Å². The number of methoxy groups -OCH3 is 1. The molecule has 0 bridgehead atoms. The molecule has 0 aromatic heterocycles. The van der Waals surface area contributed by atoms with E-state index in [1.807, 2.05) is 26.0 Å². The van der Waals surface area contributed by atoms with Crippen molar-refractivity contribution in [3.8, 4) is 11.5 Å². The molecule has 32 heavy (non-hydrogen) atoms. The number of ether oxygens (including phenoxy) is 2. The van der Waals surface area contributed by atoms with E-state index >= 15 is 0 Å². The average Bonchev–Trinajstić information content (AvgIpc) is 2.76. The molecule has 0 saturated heterocycles. The molecule has 3 rings (SSSR count). The van der Waals surface area contributed by atoms with Gasteiger partial charge < -0.3 is 14.8 Å². The van der Waals surface area contributed by atoms with E-state index < -0.39 is 16.1 Å². The Labute approximate surface area is 188 Å². The van der Waals surface area contributed by atoms with Crippen LogP contribution < -0.4 is 19.5 Å². The number of rotatable bonds is 8. The number of carbonyl (C=O) groups excluding carboxylic acids is 1. The number of benzene rings is 3. The third kappa shape index (κ3) is 5.59. The van der Waals surface area contributed by atoms with Crippen LogP contribution in [0.4, 0.5) is 11.4 Å². The lowest BCUT2D eigenvalue weighted by molar-refractivity contribution is -0.122. The van der Waals surface area contributed by atoms with Gasteiger partial charge in [-0.2, -0.15) is 0 Å². The first-order valence-corrected chi connectivity index (χ1v) is 11.5. The highest BCUT2D eigenvalue weighted by Gasteiger charge is 2.18. The fraction of sp³-hybridized carbons (Fsp3) is 0.208. The van der Waals surface area contributed by atoms with Crippen molar-refractivity contribution in [2.24, 2.45) is 0 Å². The number of carbonyl (C=O) groups is 1. The molecule has 168 valence electrons. The van der Waals surface area contributed by atoms with Gasteiger partial charge in [0, 0.05) is 5.69 Å². The van der Waals surface area contributed by atoms with Crippen molar-refractivity contribution < 1.29 is 22.7 Å².